The van der Waals surface area contributed by atoms with Crippen LogP contribution in [-0.2, 0) is 4.79 Å². The fourth-order valence-corrected chi connectivity index (χ4v) is 2.33. The second-order valence-electron chi connectivity index (χ2n) is 4.88. The minimum absolute atomic E-state index is 0.0937. The van der Waals surface area contributed by atoms with Crippen LogP contribution in [0.3, 0.4) is 0 Å². The standard InChI is InChI=1S/C13H16FN3O3/c14-10-3-4-12(17(19)20)11(7-10)16-13(18)6-9-2-1-5-15-8-9/h3-4,7,9,15H,1-2,5-6,8H2,(H,16,18). The maximum Gasteiger partial charge on any atom is 0.292 e. The number of nitro groups is 1. The number of piperidine rings is 1. The van der Waals surface area contributed by atoms with E-state index in [1.165, 1.54) is 0 Å². The molecule has 0 radical (unpaired) electrons. The summed E-state index contributed by atoms with van der Waals surface area (Å²) in [5.74, 6) is -0.728. The summed E-state index contributed by atoms with van der Waals surface area (Å²) in [6.07, 6.45) is 2.24. The molecule has 0 aromatic heterocycles. The Hall–Kier alpha value is -2.02. The first-order valence-corrected chi connectivity index (χ1v) is 6.51. The summed E-state index contributed by atoms with van der Waals surface area (Å²) in [7, 11) is 0. The van der Waals surface area contributed by atoms with Crippen LogP contribution in [0.25, 0.3) is 0 Å². The van der Waals surface area contributed by atoms with Crippen LogP contribution in [0.15, 0.2) is 18.2 Å². The molecule has 1 saturated heterocycles. The lowest BCUT2D eigenvalue weighted by Crippen LogP contribution is -2.32. The molecule has 0 saturated carbocycles. The number of benzene rings is 1. The molecule has 1 heterocycles. The molecule has 1 atom stereocenters. The Balaban J connectivity index is 2.03. The van der Waals surface area contributed by atoms with Crippen molar-refractivity contribution in [2.45, 2.75) is 19.3 Å². The summed E-state index contributed by atoms with van der Waals surface area (Å²) < 4.78 is 13.1. The smallest absolute Gasteiger partial charge is 0.292 e. The van der Waals surface area contributed by atoms with Gasteiger partial charge in [-0.3, -0.25) is 14.9 Å². The van der Waals surface area contributed by atoms with Crippen LogP contribution < -0.4 is 10.6 Å². The van der Waals surface area contributed by atoms with E-state index >= 15 is 0 Å². The van der Waals surface area contributed by atoms with Gasteiger partial charge in [0.15, 0.2) is 0 Å². The van der Waals surface area contributed by atoms with E-state index in [1.807, 2.05) is 0 Å². The molecule has 1 aromatic carbocycles. The number of anilines is 1. The molecule has 1 fully saturated rings. The van der Waals surface area contributed by atoms with E-state index in [2.05, 4.69) is 10.6 Å². The largest absolute Gasteiger partial charge is 0.320 e. The van der Waals surface area contributed by atoms with E-state index in [9.17, 15) is 19.3 Å². The van der Waals surface area contributed by atoms with E-state index in [-0.39, 0.29) is 29.6 Å². The molecule has 1 aliphatic rings. The van der Waals surface area contributed by atoms with Gasteiger partial charge in [-0.15, -0.1) is 0 Å². The third-order valence-corrected chi connectivity index (χ3v) is 3.30. The minimum atomic E-state index is -0.642. The normalized spacial score (nSPS) is 18.6. The van der Waals surface area contributed by atoms with Crippen molar-refractivity contribution in [2.24, 2.45) is 5.92 Å². The Kier molecular flexibility index (Phi) is 4.62. The Morgan fingerprint density at radius 2 is 2.35 bits per heavy atom. The number of carbonyl (C=O) groups is 1. The molecule has 2 rings (SSSR count). The van der Waals surface area contributed by atoms with Crippen LogP contribution in [-0.4, -0.2) is 23.9 Å². The average molecular weight is 281 g/mol. The second-order valence-corrected chi connectivity index (χ2v) is 4.88. The Morgan fingerprint density at radius 3 is 3.00 bits per heavy atom. The zero-order chi connectivity index (χ0) is 14.5. The predicted molar refractivity (Wildman–Crippen MR) is 71.9 cm³/mol. The van der Waals surface area contributed by atoms with Crippen LogP contribution in [0, 0.1) is 21.8 Å². The van der Waals surface area contributed by atoms with E-state index < -0.39 is 10.7 Å². The highest BCUT2D eigenvalue weighted by Crippen LogP contribution is 2.25. The number of amides is 1. The maximum atomic E-state index is 13.1. The van der Waals surface area contributed by atoms with Crippen LogP contribution in [0.2, 0.25) is 0 Å². The van der Waals surface area contributed by atoms with E-state index in [4.69, 9.17) is 0 Å². The van der Waals surface area contributed by atoms with Gasteiger partial charge in [-0.1, -0.05) is 0 Å². The monoisotopic (exact) mass is 281 g/mol. The molecule has 1 aliphatic heterocycles. The summed E-state index contributed by atoms with van der Waals surface area (Å²) in [4.78, 5) is 22.1. The lowest BCUT2D eigenvalue weighted by Gasteiger charge is -2.22. The first-order valence-electron chi connectivity index (χ1n) is 6.51. The fourth-order valence-electron chi connectivity index (χ4n) is 2.33. The number of halogens is 1. The van der Waals surface area contributed by atoms with Crippen molar-refractivity contribution in [3.05, 3.63) is 34.1 Å². The number of nitrogens with one attached hydrogen (secondary N) is 2. The third-order valence-electron chi connectivity index (χ3n) is 3.30. The van der Waals surface area contributed by atoms with E-state index in [0.717, 1.165) is 44.1 Å². The van der Waals surface area contributed by atoms with E-state index in [0.29, 0.717) is 0 Å². The van der Waals surface area contributed by atoms with Crippen molar-refractivity contribution >= 4 is 17.3 Å². The zero-order valence-electron chi connectivity index (χ0n) is 10.9. The molecular formula is C13H16FN3O3. The molecule has 0 spiro atoms. The van der Waals surface area contributed by atoms with Gasteiger partial charge in [0.05, 0.1) is 4.92 Å². The zero-order valence-corrected chi connectivity index (χ0v) is 10.9. The molecule has 0 bridgehead atoms. The van der Waals surface area contributed by atoms with Crippen LogP contribution >= 0.6 is 0 Å². The number of nitrogens with zero attached hydrogens (tertiary/aromatic N) is 1. The van der Waals surface area contributed by atoms with Crippen molar-refractivity contribution in [1.29, 1.82) is 0 Å². The first kappa shape index (κ1) is 14.4. The van der Waals surface area contributed by atoms with Gasteiger partial charge in [0, 0.05) is 18.6 Å². The van der Waals surface area contributed by atoms with Crippen molar-refractivity contribution in [2.75, 3.05) is 18.4 Å². The van der Waals surface area contributed by atoms with Crippen molar-refractivity contribution in [3.8, 4) is 0 Å². The van der Waals surface area contributed by atoms with Gasteiger partial charge in [0.1, 0.15) is 11.5 Å². The van der Waals surface area contributed by atoms with Gasteiger partial charge >= 0.3 is 0 Å². The topological polar surface area (TPSA) is 84.3 Å². The van der Waals surface area contributed by atoms with Crippen molar-refractivity contribution < 1.29 is 14.1 Å². The van der Waals surface area contributed by atoms with Crippen LogP contribution in [0.5, 0.6) is 0 Å². The summed E-state index contributed by atoms with van der Waals surface area (Å²) in [6, 6.07) is 3.01. The van der Waals surface area contributed by atoms with Gasteiger partial charge in [0.25, 0.3) is 5.69 Å². The summed E-state index contributed by atoms with van der Waals surface area (Å²) in [5, 5.41) is 16.5. The number of hydrogen-bond acceptors (Lipinski definition) is 4. The summed E-state index contributed by atoms with van der Waals surface area (Å²) >= 11 is 0. The fraction of sp³-hybridized carbons (Fsp3) is 0.462. The Bertz CT molecular complexity index is 516. The molecule has 20 heavy (non-hydrogen) atoms. The third kappa shape index (κ3) is 3.74. The molecule has 0 aliphatic carbocycles. The summed E-state index contributed by atoms with van der Waals surface area (Å²) in [5.41, 5.74) is -0.398. The van der Waals surface area contributed by atoms with Crippen LogP contribution in [0.1, 0.15) is 19.3 Å². The SMILES string of the molecule is O=C(CC1CCCNC1)Nc1cc(F)ccc1[N+](=O)[O-]. The number of nitro benzene ring substituents is 1. The molecule has 1 unspecified atom stereocenters. The highest BCUT2D eigenvalue weighted by molar-refractivity contribution is 5.93. The van der Waals surface area contributed by atoms with E-state index in [1.54, 1.807) is 0 Å². The maximum absolute atomic E-state index is 13.1. The minimum Gasteiger partial charge on any atom is -0.320 e. The lowest BCUT2D eigenvalue weighted by molar-refractivity contribution is -0.384. The quantitative estimate of drug-likeness (QED) is 0.653. The first-order chi connectivity index (χ1) is 9.56. The Labute approximate surface area is 115 Å². The molecule has 108 valence electrons. The molecule has 2 N–H and O–H groups in total. The Morgan fingerprint density at radius 1 is 1.55 bits per heavy atom. The van der Waals surface area contributed by atoms with Gasteiger partial charge in [0.2, 0.25) is 5.91 Å². The highest BCUT2D eigenvalue weighted by atomic mass is 19.1. The van der Waals surface area contributed by atoms with Crippen LogP contribution in [0.4, 0.5) is 15.8 Å². The number of carbonyl (C=O) groups excluding carboxylic acids is 1. The average Bonchev–Trinajstić information content (AvgIpc) is 2.39. The molecule has 1 aromatic rings. The molecule has 7 heteroatoms. The van der Waals surface area contributed by atoms with Gasteiger partial charge in [-0.25, -0.2) is 4.39 Å². The molecular weight excluding hydrogens is 265 g/mol. The highest BCUT2D eigenvalue weighted by Gasteiger charge is 2.20. The van der Waals surface area contributed by atoms with Gasteiger partial charge in [-0.05, 0) is 37.9 Å². The lowest BCUT2D eigenvalue weighted by atomic mass is 9.96. The predicted octanol–water partition coefficient (Wildman–Crippen LogP) is 2.06. The second kappa shape index (κ2) is 6.42. The number of hydrogen-bond donors (Lipinski definition) is 2. The van der Waals surface area contributed by atoms with Gasteiger partial charge in [-0.2, -0.15) is 0 Å². The summed E-state index contributed by atoms with van der Waals surface area (Å²) in [6.45, 7) is 1.71. The van der Waals surface area contributed by atoms with Crippen molar-refractivity contribution in [3.63, 3.8) is 0 Å². The molecule has 6 nitrogen and oxygen atoms in total. The molecule has 1 amide bonds. The van der Waals surface area contributed by atoms with Gasteiger partial charge < -0.3 is 10.6 Å². The number of rotatable bonds is 4. The van der Waals surface area contributed by atoms with Crippen molar-refractivity contribution in [1.82, 2.24) is 5.32 Å².